The Kier molecular flexibility index (Phi) is 12.7. The number of β-amino-alcohol motifs (C(OH)–C–C–N with tert-alkyl or cyclic N) is 2. The van der Waals surface area contributed by atoms with E-state index in [2.05, 4.69) is 9.80 Å². The zero-order valence-corrected chi connectivity index (χ0v) is 23.8. The topological polar surface area (TPSA) is 146 Å². The third-order valence-corrected chi connectivity index (χ3v) is 9.71. The monoisotopic (exact) mass is 546 g/mol. The quantitative estimate of drug-likeness (QED) is 0.268. The van der Waals surface area contributed by atoms with E-state index < -0.39 is 36.6 Å². The van der Waals surface area contributed by atoms with Gasteiger partial charge in [0.1, 0.15) is 12.2 Å². The second-order valence-electron chi connectivity index (χ2n) is 12.2. The van der Waals surface area contributed by atoms with Gasteiger partial charge in [-0.05, 0) is 77.0 Å². The number of piperidine rings is 2. The molecule has 0 amide bonds. The summed E-state index contributed by atoms with van der Waals surface area (Å²) in [6.07, 6.45) is 4.26. The molecule has 4 fully saturated rings. The van der Waals surface area contributed by atoms with Crippen molar-refractivity contribution in [3.05, 3.63) is 0 Å². The highest BCUT2D eigenvalue weighted by molar-refractivity contribution is 4.94. The van der Waals surface area contributed by atoms with Crippen molar-refractivity contribution in [2.24, 2.45) is 11.8 Å². The van der Waals surface area contributed by atoms with Gasteiger partial charge in [-0.3, -0.25) is 9.80 Å². The van der Waals surface area contributed by atoms with Crippen LogP contribution < -0.4 is 0 Å². The summed E-state index contributed by atoms with van der Waals surface area (Å²) in [5.41, 5.74) is 0. The average molecular weight is 547 g/mol. The van der Waals surface area contributed by atoms with Gasteiger partial charge in [0.15, 0.2) is 0 Å². The molecule has 2 saturated carbocycles. The smallest absolute Gasteiger partial charge is 0.108 e. The lowest BCUT2D eigenvalue weighted by Crippen LogP contribution is -2.60. The zero-order valence-electron chi connectivity index (χ0n) is 23.8. The highest BCUT2D eigenvalue weighted by Crippen LogP contribution is 2.30. The van der Waals surface area contributed by atoms with Gasteiger partial charge in [0, 0.05) is 52.5 Å². The molecule has 8 atom stereocenters. The molecule has 2 aliphatic heterocycles. The molecule has 0 aromatic heterocycles. The van der Waals surface area contributed by atoms with Crippen molar-refractivity contribution in [3.8, 4) is 0 Å². The minimum Gasteiger partial charge on any atom is -0.389 e. The van der Waals surface area contributed by atoms with Crippen molar-refractivity contribution in [1.29, 1.82) is 0 Å². The summed E-state index contributed by atoms with van der Waals surface area (Å²) in [7, 11) is 3.54. The predicted octanol–water partition coefficient (Wildman–Crippen LogP) is -0.0432. The number of hydrogen-bond donors (Lipinski definition) is 6. The van der Waals surface area contributed by atoms with Crippen LogP contribution in [-0.4, -0.2) is 142 Å². The third kappa shape index (κ3) is 8.31. The standard InChI is InChI=1S/2C14H27NO4/c2*1-9-13(17)14(18)12(16)8-15(9)7-10-3-5-11(19-2)6-4-10/h2*9-14,16-18H,3-8H2,1-2H3/t2*9-,10?,11?,12+,13-,14-/m11/s1. The Bertz CT molecular complexity index is 617. The van der Waals surface area contributed by atoms with Gasteiger partial charge in [0.2, 0.25) is 0 Å². The molecule has 0 aromatic carbocycles. The highest BCUT2D eigenvalue weighted by atomic mass is 16.5. The van der Waals surface area contributed by atoms with E-state index in [9.17, 15) is 30.6 Å². The van der Waals surface area contributed by atoms with E-state index in [1.54, 1.807) is 14.2 Å². The first kappa shape index (κ1) is 32.1. The van der Waals surface area contributed by atoms with Gasteiger partial charge in [-0.15, -0.1) is 0 Å². The molecular weight excluding hydrogens is 492 g/mol. The van der Waals surface area contributed by atoms with Crippen LogP contribution in [0.5, 0.6) is 0 Å². The van der Waals surface area contributed by atoms with Crippen LogP contribution in [0.3, 0.4) is 0 Å². The van der Waals surface area contributed by atoms with Crippen molar-refractivity contribution >= 4 is 0 Å². The maximum absolute atomic E-state index is 9.92. The summed E-state index contributed by atoms with van der Waals surface area (Å²) < 4.78 is 10.7. The van der Waals surface area contributed by atoms with Gasteiger partial charge in [-0.1, -0.05) is 0 Å². The Morgan fingerprint density at radius 1 is 0.526 bits per heavy atom. The minimum atomic E-state index is -1.02. The van der Waals surface area contributed by atoms with Crippen molar-refractivity contribution < 1.29 is 40.1 Å². The van der Waals surface area contributed by atoms with E-state index in [1.807, 2.05) is 13.8 Å². The van der Waals surface area contributed by atoms with Gasteiger partial charge < -0.3 is 40.1 Å². The molecule has 0 aromatic rings. The largest absolute Gasteiger partial charge is 0.389 e. The Morgan fingerprint density at radius 3 is 1.13 bits per heavy atom. The number of methoxy groups -OCH3 is 2. The van der Waals surface area contributed by atoms with E-state index in [0.29, 0.717) is 37.1 Å². The van der Waals surface area contributed by atoms with E-state index in [4.69, 9.17) is 9.47 Å². The third-order valence-electron chi connectivity index (χ3n) is 9.71. The Hall–Kier alpha value is -0.400. The van der Waals surface area contributed by atoms with Gasteiger partial charge in [0.05, 0.1) is 36.6 Å². The minimum absolute atomic E-state index is 0.0986. The lowest BCUT2D eigenvalue weighted by molar-refractivity contribution is -0.136. The summed E-state index contributed by atoms with van der Waals surface area (Å²) in [5.74, 6) is 1.20. The summed E-state index contributed by atoms with van der Waals surface area (Å²) in [6, 6.07) is -0.197. The van der Waals surface area contributed by atoms with Crippen LogP contribution in [0, 0.1) is 11.8 Å². The first-order valence-corrected chi connectivity index (χ1v) is 14.7. The van der Waals surface area contributed by atoms with Crippen LogP contribution >= 0.6 is 0 Å². The van der Waals surface area contributed by atoms with E-state index in [-0.39, 0.29) is 12.1 Å². The lowest BCUT2D eigenvalue weighted by Gasteiger charge is -2.44. The molecule has 4 aliphatic rings. The molecule has 0 bridgehead atoms. The Balaban J connectivity index is 0.000000211. The van der Waals surface area contributed by atoms with Crippen molar-refractivity contribution in [1.82, 2.24) is 9.80 Å². The maximum Gasteiger partial charge on any atom is 0.108 e. The molecule has 4 rings (SSSR count). The fraction of sp³-hybridized carbons (Fsp3) is 1.00. The fourth-order valence-corrected chi connectivity index (χ4v) is 6.73. The summed E-state index contributed by atoms with van der Waals surface area (Å²) in [4.78, 5) is 4.22. The van der Waals surface area contributed by atoms with Gasteiger partial charge in [0.25, 0.3) is 0 Å². The predicted molar refractivity (Wildman–Crippen MR) is 144 cm³/mol. The molecule has 0 spiro atoms. The van der Waals surface area contributed by atoms with Crippen LogP contribution in [-0.2, 0) is 9.47 Å². The lowest BCUT2D eigenvalue weighted by atomic mass is 9.85. The maximum atomic E-state index is 9.92. The molecule has 6 N–H and O–H groups in total. The fourth-order valence-electron chi connectivity index (χ4n) is 6.73. The van der Waals surface area contributed by atoms with E-state index >= 15 is 0 Å². The molecule has 2 saturated heterocycles. The number of aliphatic hydroxyl groups is 6. The molecule has 10 nitrogen and oxygen atoms in total. The average Bonchev–Trinajstić information content (AvgIpc) is 2.93. The first-order valence-electron chi connectivity index (χ1n) is 14.7. The Morgan fingerprint density at radius 2 is 0.842 bits per heavy atom. The normalized spacial score (nSPS) is 45.3. The second-order valence-corrected chi connectivity index (χ2v) is 12.2. The number of aliphatic hydroxyl groups excluding tert-OH is 6. The van der Waals surface area contributed by atoms with Crippen LogP contribution in [0.4, 0.5) is 0 Å². The summed E-state index contributed by atoms with van der Waals surface area (Å²) in [5, 5.41) is 58.7. The molecule has 10 heteroatoms. The highest BCUT2D eigenvalue weighted by Gasteiger charge is 2.41. The van der Waals surface area contributed by atoms with Gasteiger partial charge in [-0.2, -0.15) is 0 Å². The van der Waals surface area contributed by atoms with E-state index in [1.165, 1.54) is 0 Å². The second kappa shape index (κ2) is 15.0. The number of rotatable bonds is 6. The zero-order chi connectivity index (χ0) is 28.0. The summed E-state index contributed by atoms with van der Waals surface area (Å²) >= 11 is 0. The molecule has 2 aliphatic carbocycles. The van der Waals surface area contributed by atoms with Crippen LogP contribution in [0.2, 0.25) is 0 Å². The number of likely N-dealkylation sites (tertiary alicyclic amines) is 2. The summed E-state index contributed by atoms with van der Waals surface area (Å²) in [6.45, 7) is 6.51. The van der Waals surface area contributed by atoms with Crippen LogP contribution in [0.15, 0.2) is 0 Å². The molecule has 0 radical (unpaired) electrons. The number of ether oxygens (including phenoxy) is 2. The molecular formula is C28H54N2O8. The number of nitrogens with zero attached hydrogens (tertiary/aromatic N) is 2. The SMILES string of the molecule is COC1CCC(CN2C[C@H](O)[C@@H](O)[C@H](O)[C@H]2C)CC1.COC1CCC(CN2C[C@H](O)[C@@H](O)[C@H](O)[C@H]2C)CC1. The van der Waals surface area contributed by atoms with Gasteiger partial charge in [-0.25, -0.2) is 0 Å². The molecule has 38 heavy (non-hydrogen) atoms. The molecule has 0 unspecified atom stereocenters. The van der Waals surface area contributed by atoms with Crippen molar-refractivity contribution in [3.63, 3.8) is 0 Å². The van der Waals surface area contributed by atoms with E-state index in [0.717, 1.165) is 64.5 Å². The number of hydrogen-bond acceptors (Lipinski definition) is 10. The molecule has 2 heterocycles. The first-order chi connectivity index (χ1) is 18.0. The Labute approximate surface area is 228 Å². The van der Waals surface area contributed by atoms with Crippen molar-refractivity contribution in [2.75, 3.05) is 40.4 Å². The van der Waals surface area contributed by atoms with Crippen LogP contribution in [0.1, 0.15) is 65.2 Å². The van der Waals surface area contributed by atoms with Crippen LogP contribution in [0.25, 0.3) is 0 Å². The van der Waals surface area contributed by atoms with Crippen molar-refractivity contribution in [2.45, 2.75) is 126 Å². The van der Waals surface area contributed by atoms with Gasteiger partial charge >= 0.3 is 0 Å². The molecule has 224 valence electrons.